The Morgan fingerprint density at radius 2 is 1.95 bits per heavy atom. The molecule has 1 rings (SSSR count). The number of ether oxygens (including phenoxy) is 1. The minimum Gasteiger partial charge on any atom is -0.492 e. The van der Waals surface area contributed by atoms with Crippen LogP contribution in [0.3, 0.4) is 0 Å². The van der Waals surface area contributed by atoms with Crippen LogP contribution in [0.15, 0.2) is 24.3 Å². The molecule has 19 heavy (non-hydrogen) atoms. The highest BCUT2D eigenvalue weighted by molar-refractivity contribution is 9.10. The molecule has 1 N–H and O–H groups in total. The third kappa shape index (κ3) is 6.10. The van der Waals surface area contributed by atoms with Crippen LogP contribution in [-0.4, -0.2) is 23.4 Å². The molecule has 0 radical (unpaired) electrons. The van der Waals surface area contributed by atoms with Gasteiger partial charge in [0.15, 0.2) is 0 Å². The van der Waals surface area contributed by atoms with Gasteiger partial charge in [0.25, 0.3) is 0 Å². The van der Waals surface area contributed by atoms with E-state index in [2.05, 4.69) is 40.3 Å². The van der Waals surface area contributed by atoms with Crippen LogP contribution in [-0.2, 0) is 11.2 Å². The van der Waals surface area contributed by atoms with Gasteiger partial charge in [0.2, 0.25) is 5.91 Å². The van der Waals surface area contributed by atoms with Gasteiger partial charge in [0, 0.05) is 0 Å². The standard InChI is InChI=1S/C15H22BrNO2/c1-4-5-12-6-8-13(9-7-12)19-11-10-17-14(18)15(2,3)16/h6-9H,4-5,10-11H2,1-3H3,(H,17,18). The van der Waals surface area contributed by atoms with E-state index in [-0.39, 0.29) is 5.91 Å². The van der Waals surface area contributed by atoms with E-state index in [4.69, 9.17) is 4.74 Å². The summed E-state index contributed by atoms with van der Waals surface area (Å²) in [7, 11) is 0. The Morgan fingerprint density at radius 3 is 2.47 bits per heavy atom. The Kier molecular flexibility index (Phi) is 6.35. The number of benzene rings is 1. The smallest absolute Gasteiger partial charge is 0.236 e. The second-order valence-corrected chi connectivity index (χ2v) is 6.95. The third-order valence-electron chi connectivity index (χ3n) is 2.66. The van der Waals surface area contributed by atoms with Gasteiger partial charge in [0.1, 0.15) is 12.4 Å². The number of amides is 1. The van der Waals surface area contributed by atoms with Crippen molar-refractivity contribution in [3.05, 3.63) is 29.8 Å². The number of aryl methyl sites for hydroxylation is 1. The van der Waals surface area contributed by atoms with E-state index in [1.165, 1.54) is 5.56 Å². The maximum atomic E-state index is 11.6. The summed E-state index contributed by atoms with van der Waals surface area (Å²) in [6.45, 7) is 6.77. The van der Waals surface area contributed by atoms with Crippen LogP contribution >= 0.6 is 15.9 Å². The van der Waals surface area contributed by atoms with Crippen molar-refractivity contribution < 1.29 is 9.53 Å². The molecule has 0 aliphatic heterocycles. The van der Waals surface area contributed by atoms with Gasteiger partial charge in [-0.2, -0.15) is 0 Å². The molecular weight excluding hydrogens is 306 g/mol. The van der Waals surface area contributed by atoms with Gasteiger partial charge >= 0.3 is 0 Å². The van der Waals surface area contributed by atoms with Crippen LogP contribution in [0.25, 0.3) is 0 Å². The lowest BCUT2D eigenvalue weighted by atomic mass is 10.1. The zero-order chi connectivity index (χ0) is 14.3. The lowest BCUT2D eigenvalue weighted by Gasteiger charge is -2.16. The highest BCUT2D eigenvalue weighted by atomic mass is 79.9. The van der Waals surface area contributed by atoms with Crippen molar-refractivity contribution in [1.82, 2.24) is 5.32 Å². The number of hydrogen-bond donors (Lipinski definition) is 1. The summed E-state index contributed by atoms with van der Waals surface area (Å²) in [5.41, 5.74) is 1.32. The maximum Gasteiger partial charge on any atom is 0.236 e. The average Bonchev–Trinajstić information content (AvgIpc) is 2.35. The average molecular weight is 328 g/mol. The molecule has 1 aromatic carbocycles. The van der Waals surface area contributed by atoms with Crippen LogP contribution in [0, 0.1) is 0 Å². The SMILES string of the molecule is CCCc1ccc(OCCNC(=O)C(C)(C)Br)cc1. The summed E-state index contributed by atoms with van der Waals surface area (Å²) in [6, 6.07) is 8.11. The number of nitrogens with one attached hydrogen (secondary N) is 1. The molecule has 0 bridgehead atoms. The Morgan fingerprint density at radius 1 is 1.32 bits per heavy atom. The molecule has 0 aliphatic rings. The van der Waals surface area contributed by atoms with E-state index < -0.39 is 4.32 Å². The van der Waals surface area contributed by atoms with Gasteiger partial charge in [-0.3, -0.25) is 4.79 Å². The van der Waals surface area contributed by atoms with Gasteiger partial charge in [-0.1, -0.05) is 41.4 Å². The molecule has 1 amide bonds. The molecule has 3 nitrogen and oxygen atoms in total. The second-order valence-electron chi connectivity index (χ2n) is 4.97. The number of hydrogen-bond acceptors (Lipinski definition) is 2. The number of carbonyl (C=O) groups excluding carboxylic acids is 1. The quantitative estimate of drug-likeness (QED) is 0.616. The zero-order valence-electron chi connectivity index (χ0n) is 11.8. The zero-order valence-corrected chi connectivity index (χ0v) is 13.4. The van der Waals surface area contributed by atoms with Crippen molar-refractivity contribution >= 4 is 21.8 Å². The maximum absolute atomic E-state index is 11.6. The molecule has 0 saturated heterocycles. The molecule has 0 fully saturated rings. The highest BCUT2D eigenvalue weighted by Crippen LogP contribution is 2.15. The monoisotopic (exact) mass is 327 g/mol. The van der Waals surface area contributed by atoms with Crippen molar-refractivity contribution in [3.63, 3.8) is 0 Å². The fourth-order valence-electron chi connectivity index (χ4n) is 1.58. The van der Waals surface area contributed by atoms with E-state index in [9.17, 15) is 4.79 Å². The largest absolute Gasteiger partial charge is 0.492 e. The van der Waals surface area contributed by atoms with Crippen molar-refractivity contribution in [2.45, 2.75) is 37.9 Å². The second kappa shape index (κ2) is 7.53. The molecule has 0 saturated carbocycles. The Balaban J connectivity index is 2.28. The molecule has 0 atom stereocenters. The third-order valence-corrected chi connectivity index (χ3v) is 3.02. The van der Waals surface area contributed by atoms with Gasteiger partial charge in [-0.25, -0.2) is 0 Å². The van der Waals surface area contributed by atoms with E-state index >= 15 is 0 Å². The number of alkyl halides is 1. The number of carbonyl (C=O) groups is 1. The summed E-state index contributed by atoms with van der Waals surface area (Å²) in [4.78, 5) is 11.6. The first kappa shape index (κ1) is 16.0. The normalized spacial score (nSPS) is 11.2. The van der Waals surface area contributed by atoms with Gasteiger partial charge in [-0.05, 0) is 38.0 Å². The topological polar surface area (TPSA) is 38.3 Å². The lowest BCUT2D eigenvalue weighted by Crippen LogP contribution is -2.39. The molecule has 0 aromatic heterocycles. The first-order valence-electron chi connectivity index (χ1n) is 6.62. The van der Waals surface area contributed by atoms with E-state index in [1.807, 2.05) is 26.0 Å². The molecule has 1 aromatic rings. The molecule has 0 heterocycles. The molecular formula is C15H22BrNO2. The highest BCUT2D eigenvalue weighted by Gasteiger charge is 2.22. The number of rotatable bonds is 7. The minimum absolute atomic E-state index is 0.0330. The molecule has 106 valence electrons. The van der Waals surface area contributed by atoms with Crippen LogP contribution in [0.5, 0.6) is 5.75 Å². The minimum atomic E-state index is -0.533. The first-order valence-corrected chi connectivity index (χ1v) is 7.41. The van der Waals surface area contributed by atoms with Gasteiger partial charge in [0.05, 0.1) is 10.9 Å². The van der Waals surface area contributed by atoms with Crippen LogP contribution < -0.4 is 10.1 Å². The summed E-state index contributed by atoms with van der Waals surface area (Å²) in [5.74, 6) is 0.807. The van der Waals surface area contributed by atoms with Crippen molar-refractivity contribution in [2.24, 2.45) is 0 Å². The fourth-order valence-corrected chi connectivity index (χ4v) is 1.72. The molecule has 0 unspecified atom stereocenters. The predicted octanol–water partition coefficient (Wildman–Crippen LogP) is 3.31. The van der Waals surface area contributed by atoms with Crippen molar-refractivity contribution in [2.75, 3.05) is 13.2 Å². The van der Waals surface area contributed by atoms with Gasteiger partial charge < -0.3 is 10.1 Å². The van der Waals surface area contributed by atoms with Crippen LogP contribution in [0.2, 0.25) is 0 Å². The molecule has 0 aliphatic carbocycles. The summed E-state index contributed by atoms with van der Waals surface area (Å²) in [6.07, 6.45) is 2.24. The van der Waals surface area contributed by atoms with E-state index in [0.717, 1.165) is 18.6 Å². The first-order chi connectivity index (χ1) is 8.93. The van der Waals surface area contributed by atoms with Gasteiger partial charge in [-0.15, -0.1) is 0 Å². The Hall–Kier alpha value is -1.03. The Bertz CT molecular complexity index is 396. The van der Waals surface area contributed by atoms with Crippen molar-refractivity contribution in [3.8, 4) is 5.75 Å². The lowest BCUT2D eigenvalue weighted by molar-refractivity contribution is -0.122. The predicted molar refractivity (Wildman–Crippen MR) is 81.9 cm³/mol. The number of halogens is 1. The summed E-state index contributed by atoms with van der Waals surface area (Å²) >= 11 is 3.31. The molecule has 4 heteroatoms. The Labute approximate surface area is 123 Å². The summed E-state index contributed by atoms with van der Waals surface area (Å²) in [5, 5.41) is 2.81. The van der Waals surface area contributed by atoms with E-state index in [1.54, 1.807) is 0 Å². The van der Waals surface area contributed by atoms with Crippen molar-refractivity contribution in [1.29, 1.82) is 0 Å². The summed E-state index contributed by atoms with van der Waals surface area (Å²) < 4.78 is 5.04. The fraction of sp³-hybridized carbons (Fsp3) is 0.533. The van der Waals surface area contributed by atoms with Crippen LogP contribution in [0.4, 0.5) is 0 Å². The molecule has 0 spiro atoms. The van der Waals surface area contributed by atoms with E-state index in [0.29, 0.717) is 13.2 Å². The van der Waals surface area contributed by atoms with Crippen LogP contribution in [0.1, 0.15) is 32.8 Å².